The first-order valence-corrected chi connectivity index (χ1v) is 7.50. The molecule has 2 heteroatoms. The zero-order valence-electron chi connectivity index (χ0n) is 11.2. The highest BCUT2D eigenvalue weighted by Gasteiger charge is 2.18. The van der Waals surface area contributed by atoms with E-state index >= 15 is 0 Å². The number of para-hydroxylation sites is 1. The van der Waals surface area contributed by atoms with Crippen molar-refractivity contribution in [2.24, 2.45) is 0 Å². The highest BCUT2D eigenvalue weighted by Crippen LogP contribution is 2.27. The minimum atomic E-state index is 0.757. The Kier molecular flexibility index (Phi) is 3.84. The van der Waals surface area contributed by atoms with E-state index in [0.29, 0.717) is 0 Å². The van der Waals surface area contributed by atoms with E-state index in [1.165, 1.54) is 63.8 Å². The average Bonchev–Trinajstić information content (AvgIpc) is 2.46. The first-order valence-electron chi connectivity index (χ1n) is 7.50. The van der Waals surface area contributed by atoms with Crippen LogP contribution < -0.4 is 10.2 Å². The van der Waals surface area contributed by atoms with Gasteiger partial charge in [0.15, 0.2) is 0 Å². The fraction of sp³-hybridized carbons (Fsp3) is 0.625. The third-order valence-corrected chi connectivity index (χ3v) is 4.37. The summed E-state index contributed by atoms with van der Waals surface area (Å²) >= 11 is 0. The Morgan fingerprint density at radius 3 is 3.00 bits per heavy atom. The van der Waals surface area contributed by atoms with Gasteiger partial charge in [-0.1, -0.05) is 24.6 Å². The van der Waals surface area contributed by atoms with Gasteiger partial charge in [0.2, 0.25) is 0 Å². The van der Waals surface area contributed by atoms with Gasteiger partial charge >= 0.3 is 0 Å². The molecule has 0 aromatic heterocycles. The van der Waals surface area contributed by atoms with Crippen molar-refractivity contribution in [3.63, 3.8) is 0 Å². The number of benzene rings is 1. The largest absolute Gasteiger partial charge is 0.371 e. The normalized spacial score (nSPS) is 23.8. The first-order chi connectivity index (χ1) is 8.93. The van der Waals surface area contributed by atoms with Gasteiger partial charge in [0.05, 0.1) is 0 Å². The molecule has 0 radical (unpaired) electrons. The Balaban J connectivity index is 1.60. The molecule has 2 heterocycles. The van der Waals surface area contributed by atoms with Gasteiger partial charge in [-0.05, 0) is 50.3 Å². The van der Waals surface area contributed by atoms with Gasteiger partial charge in [0, 0.05) is 24.8 Å². The quantitative estimate of drug-likeness (QED) is 0.879. The molecule has 1 aromatic rings. The third kappa shape index (κ3) is 2.69. The second-order valence-corrected chi connectivity index (χ2v) is 5.65. The van der Waals surface area contributed by atoms with Crippen LogP contribution in [-0.2, 0) is 6.42 Å². The lowest BCUT2D eigenvalue weighted by molar-refractivity contribution is 0.382. The maximum Gasteiger partial charge on any atom is 0.0398 e. The van der Waals surface area contributed by atoms with Gasteiger partial charge in [0.25, 0.3) is 0 Å². The summed E-state index contributed by atoms with van der Waals surface area (Å²) in [4.78, 5) is 2.59. The molecule has 98 valence electrons. The number of fused-ring (bicyclic) bond motifs is 1. The van der Waals surface area contributed by atoms with Crippen molar-refractivity contribution in [3.05, 3.63) is 29.8 Å². The molecule has 2 nitrogen and oxygen atoms in total. The molecule has 0 saturated carbocycles. The van der Waals surface area contributed by atoms with Gasteiger partial charge in [-0.25, -0.2) is 0 Å². The van der Waals surface area contributed by atoms with Crippen LogP contribution in [0.3, 0.4) is 0 Å². The topological polar surface area (TPSA) is 15.3 Å². The monoisotopic (exact) mass is 244 g/mol. The summed E-state index contributed by atoms with van der Waals surface area (Å²) in [6, 6.07) is 9.69. The van der Waals surface area contributed by atoms with Gasteiger partial charge in [0.1, 0.15) is 0 Å². The van der Waals surface area contributed by atoms with Crippen molar-refractivity contribution in [2.75, 3.05) is 24.5 Å². The predicted molar refractivity (Wildman–Crippen MR) is 77.2 cm³/mol. The number of aryl methyl sites for hydroxylation is 1. The second kappa shape index (κ2) is 5.75. The second-order valence-electron chi connectivity index (χ2n) is 5.65. The van der Waals surface area contributed by atoms with Crippen molar-refractivity contribution >= 4 is 5.69 Å². The third-order valence-electron chi connectivity index (χ3n) is 4.37. The molecule has 0 aliphatic carbocycles. The molecule has 3 rings (SSSR count). The molecule has 1 atom stereocenters. The molecule has 2 aliphatic heterocycles. The van der Waals surface area contributed by atoms with Crippen LogP contribution in [0.25, 0.3) is 0 Å². The number of anilines is 1. The summed E-state index contributed by atoms with van der Waals surface area (Å²) < 4.78 is 0. The molecular formula is C16H24N2. The molecule has 1 N–H and O–H groups in total. The molecule has 1 saturated heterocycles. The summed E-state index contributed by atoms with van der Waals surface area (Å²) in [6.45, 7) is 3.68. The minimum Gasteiger partial charge on any atom is -0.371 e. The number of rotatable bonds is 3. The molecule has 0 amide bonds. The molecule has 2 aliphatic rings. The Bertz CT molecular complexity index is 382. The van der Waals surface area contributed by atoms with Crippen LogP contribution >= 0.6 is 0 Å². The summed E-state index contributed by atoms with van der Waals surface area (Å²) in [5.74, 6) is 0. The van der Waals surface area contributed by atoms with Gasteiger partial charge in [-0.15, -0.1) is 0 Å². The highest BCUT2D eigenvalue weighted by molar-refractivity contribution is 5.55. The molecular weight excluding hydrogens is 220 g/mol. The van der Waals surface area contributed by atoms with E-state index in [1.54, 1.807) is 5.56 Å². The molecule has 0 bridgehead atoms. The zero-order valence-corrected chi connectivity index (χ0v) is 11.2. The Hall–Kier alpha value is -1.02. The number of hydrogen-bond donors (Lipinski definition) is 1. The molecule has 18 heavy (non-hydrogen) atoms. The lowest BCUT2D eigenvalue weighted by atomic mass is 9.99. The summed E-state index contributed by atoms with van der Waals surface area (Å²) in [5.41, 5.74) is 3.03. The summed E-state index contributed by atoms with van der Waals surface area (Å²) in [7, 11) is 0. The van der Waals surface area contributed by atoms with Crippen molar-refractivity contribution < 1.29 is 0 Å². The number of piperidine rings is 1. The predicted octanol–water partition coefficient (Wildman–Crippen LogP) is 2.97. The number of hydrogen-bond acceptors (Lipinski definition) is 2. The van der Waals surface area contributed by atoms with Crippen molar-refractivity contribution in [1.82, 2.24) is 5.32 Å². The SMILES string of the molecule is c1ccc2c(c1)CCCN2CC[C@@H]1CCCCN1. The molecule has 1 fully saturated rings. The van der Waals surface area contributed by atoms with E-state index in [0.717, 1.165) is 6.04 Å². The van der Waals surface area contributed by atoms with E-state index in [2.05, 4.69) is 34.5 Å². The average molecular weight is 244 g/mol. The molecule has 0 spiro atoms. The maximum atomic E-state index is 3.66. The van der Waals surface area contributed by atoms with E-state index in [1.807, 2.05) is 0 Å². The van der Waals surface area contributed by atoms with Crippen LogP contribution in [0.5, 0.6) is 0 Å². The Morgan fingerprint density at radius 1 is 1.17 bits per heavy atom. The van der Waals surface area contributed by atoms with E-state index in [-0.39, 0.29) is 0 Å². The molecule has 1 aromatic carbocycles. The lowest BCUT2D eigenvalue weighted by Crippen LogP contribution is -2.38. The van der Waals surface area contributed by atoms with Crippen LogP contribution in [0.4, 0.5) is 5.69 Å². The van der Waals surface area contributed by atoms with Crippen LogP contribution in [0.15, 0.2) is 24.3 Å². The van der Waals surface area contributed by atoms with Gasteiger partial charge in [-0.3, -0.25) is 0 Å². The van der Waals surface area contributed by atoms with Gasteiger partial charge in [-0.2, -0.15) is 0 Å². The van der Waals surface area contributed by atoms with Crippen LogP contribution in [0.2, 0.25) is 0 Å². The Morgan fingerprint density at radius 2 is 2.11 bits per heavy atom. The van der Waals surface area contributed by atoms with E-state index < -0.39 is 0 Å². The standard InChI is InChI=1S/C16H24N2/c1-2-9-16-14(6-1)7-5-12-18(16)13-10-15-8-3-4-11-17-15/h1-2,6,9,15,17H,3-5,7-8,10-13H2/t15-/m0/s1. The van der Waals surface area contributed by atoms with E-state index in [4.69, 9.17) is 0 Å². The highest BCUT2D eigenvalue weighted by atomic mass is 15.1. The van der Waals surface area contributed by atoms with Crippen molar-refractivity contribution in [1.29, 1.82) is 0 Å². The molecule has 0 unspecified atom stereocenters. The maximum absolute atomic E-state index is 3.66. The minimum absolute atomic E-state index is 0.757. The van der Waals surface area contributed by atoms with Crippen molar-refractivity contribution in [2.45, 2.75) is 44.6 Å². The van der Waals surface area contributed by atoms with Crippen molar-refractivity contribution in [3.8, 4) is 0 Å². The Labute approximate surface area is 110 Å². The summed E-state index contributed by atoms with van der Waals surface area (Å²) in [5, 5.41) is 3.66. The van der Waals surface area contributed by atoms with Gasteiger partial charge < -0.3 is 10.2 Å². The van der Waals surface area contributed by atoms with Crippen LogP contribution in [-0.4, -0.2) is 25.7 Å². The number of nitrogens with one attached hydrogen (secondary N) is 1. The van der Waals surface area contributed by atoms with E-state index in [9.17, 15) is 0 Å². The zero-order chi connectivity index (χ0) is 12.2. The number of nitrogens with zero attached hydrogens (tertiary/aromatic N) is 1. The smallest absolute Gasteiger partial charge is 0.0398 e. The van der Waals surface area contributed by atoms with Crippen LogP contribution in [0.1, 0.15) is 37.7 Å². The van der Waals surface area contributed by atoms with Crippen LogP contribution in [0, 0.1) is 0 Å². The fourth-order valence-corrected chi connectivity index (χ4v) is 3.33. The lowest BCUT2D eigenvalue weighted by Gasteiger charge is -2.33. The fourth-order valence-electron chi connectivity index (χ4n) is 3.33. The first kappa shape index (κ1) is 12.0. The summed E-state index contributed by atoms with van der Waals surface area (Å²) in [6.07, 6.45) is 8.02.